The first kappa shape index (κ1) is 23.5. The van der Waals surface area contributed by atoms with Gasteiger partial charge in [-0.2, -0.15) is 0 Å². The topological polar surface area (TPSA) is 55.1 Å². The number of benzene rings is 1. The molecule has 3 nitrogen and oxygen atoms in total. The molecule has 0 aromatic heterocycles. The first-order valence-corrected chi connectivity index (χ1v) is 11.4. The molecule has 154 valence electrons. The highest BCUT2D eigenvalue weighted by Crippen LogP contribution is 2.15. The second-order valence-corrected chi connectivity index (χ2v) is 7.87. The van der Waals surface area contributed by atoms with Gasteiger partial charge in [0.2, 0.25) is 5.91 Å². The minimum absolute atomic E-state index is 0.0929. The quantitative estimate of drug-likeness (QED) is 0.219. The van der Waals surface area contributed by atoms with Crippen molar-refractivity contribution in [1.82, 2.24) is 0 Å². The van der Waals surface area contributed by atoms with Crippen LogP contribution in [0, 0.1) is 0 Å². The van der Waals surface area contributed by atoms with Crippen LogP contribution in [-0.4, -0.2) is 5.91 Å². The lowest BCUT2D eigenvalue weighted by molar-refractivity contribution is -0.116. The lowest BCUT2D eigenvalue weighted by atomic mass is 10.0. The van der Waals surface area contributed by atoms with Crippen LogP contribution in [0.1, 0.15) is 110 Å². The monoisotopic (exact) mass is 374 g/mol. The zero-order valence-electron chi connectivity index (χ0n) is 17.6. The number of hydrogen-bond donors (Lipinski definition) is 2. The number of amides is 1. The lowest BCUT2D eigenvalue weighted by Crippen LogP contribution is -2.11. The normalized spacial score (nSPS) is 10.9. The van der Waals surface area contributed by atoms with Gasteiger partial charge in [-0.05, 0) is 24.6 Å². The SMILES string of the molecule is CCCCCCCCCCCCCCCCCC(=O)Nc1cccc(N)c1. The van der Waals surface area contributed by atoms with Gasteiger partial charge in [0.1, 0.15) is 0 Å². The molecular formula is C24H42N2O. The van der Waals surface area contributed by atoms with E-state index in [-0.39, 0.29) is 5.91 Å². The fraction of sp³-hybridized carbons (Fsp3) is 0.708. The molecule has 3 N–H and O–H groups in total. The number of nitrogens with one attached hydrogen (secondary N) is 1. The van der Waals surface area contributed by atoms with Gasteiger partial charge < -0.3 is 11.1 Å². The van der Waals surface area contributed by atoms with Crippen molar-refractivity contribution in [2.45, 2.75) is 110 Å². The van der Waals surface area contributed by atoms with Crippen molar-refractivity contribution in [3.63, 3.8) is 0 Å². The molecule has 0 spiro atoms. The van der Waals surface area contributed by atoms with Crippen molar-refractivity contribution in [1.29, 1.82) is 0 Å². The summed E-state index contributed by atoms with van der Waals surface area (Å²) in [6.45, 7) is 2.28. The smallest absolute Gasteiger partial charge is 0.224 e. The van der Waals surface area contributed by atoms with Crippen molar-refractivity contribution >= 4 is 17.3 Å². The second-order valence-electron chi connectivity index (χ2n) is 7.87. The van der Waals surface area contributed by atoms with Crippen LogP contribution in [0.4, 0.5) is 11.4 Å². The first-order valence-electron chi connectivity index (χ1n) is 11.4. The van der Waals surface area contributed by atoms with Gasteiger partial charge in [0.25, 0.3) is 0 Å². The Morgan fingerprint density at radius 2 is 1.26 bits per heavy atom. The molecular weight excluding hydrogens is 332 g/mol. The highest BCUT2D eigenvalue weighted by molar-refractivity contribution is 5.91. The fourth-order valence-corrected chi connectivity index (χ4v) is 3.50. The molecule has 0 fully saturated rings. The molecule has 3 heteroatoms. The van der Waals surface area contributed by atoms with Crippen LogP contribution in [0.15, 0.2) is 24.3 Å². The van der Waals surface area contributed by atoms with Crippen LogP contribution < -0.4 is 11.1 Å². The summed E-state index contributed by atoms with van der Waals surface area (Å²) in [6.07, 6.45) is 20.8. The number of hydrogen-bond acceptors (Lipinski definition) is 2. The Morgan fingerprint density at radius 3 is 1.74 bits per heavy atom. The molecule has 0 atom stereocenters. The predicted octanol–water partition coefficient (Wildman–Crippen LogP) is 7.47. The van der Waals surface area contributed by atoms with Crippen LogP contribution in [0.3, 0.4) is 0 Å². The number of unbranched alkanes of at least 4 members (excludes halogenated alkanes) is 14. The minimum Gasteiger partial charge on any atom is -0.399 e. The van der Waals surface area contributed by atoms with Gasteiger partial charge in [0, 0.05) is 17.8 Å². The number of nitrogens with two attached hydrogens (primary N) is 1. The number of anilines is 2. The van der Waals surface area contributed by atoms with Gasteiger partial charge in [-0.3, -0.25) is 4.79 Å². The summed E-state index contributed by atoms with van der Waals surface area (Å²) in [5.74, 6) is 0.0929. The van der Waals surface area contributed by atoms with Crippen LogP contribution in [-0.2, 0) is 4.79 Å². The van der Waals surface area contributed by atoms with Crippen molar-refractivity contribution < 1.29 is 4.79 Å². The summed E-state index contributed by atoms with van der Waals surface area (Å²) in [5.41, 5.74) is 7.19. The van der Waals surface area contributed by atoms with Crippen molar-refractivity contribution in [3.8, 4) is 0 Å². The molecule has 0 bridgehead atoms. The summed E-state index contributed by atoms with van der Waals surface area (Å²) in [4.78, 5) is 11.9. The molecule has 0 aliphatic rings. The van der Waals surface area contributed by atoms with E-state index >= 15 is 0 Å². The van der Waals surface area contributed by atoms with E-state index in [2.05, 4.69) is 12.2 Å². The predicted molar refractivity (Wildman–Crippen MR) is 119 cm³/mol. The summed E-state index contributed by atoms with van der Waals surface area (Å²) in [6, 6.07) is 7.36. The molecule has 0 saturated heterocycles. The molecule has 0 heterocycles. The van der Waals surface area contributed by atoms with E-state index in [0.29, 0.717) is 12.1 Å². The number of nitrogen functional groups attached to an aromatic ring is 1. The number of rotatable bonds is 17. The van der Waals surface area contributed by atoms with Crippen LogP contribution in [0.25, 0.3) is 0 Å². The third-order valence-corrected chi connectivity index (χ3v) is 5.18. The van der Waals surface area contributed by atoms with Crippen LogP contribution in [0.5, 0.6) is 0 Å². The van der Waals surface area contributed by atoms with Gasteiger partial charge in [0.05, 0.1) is 0 Å². The van der Waals surface area contributed by atoms with Crippen molar-refractivity contribution in [3.05, 3.63) is 24.3 Å². The Balaban J connectivity index is 1.82. The summed E-state index contributed by atoms with van der Waals surface area (Å²) >= 11 is 0. The average Bonchev–Trinajstić information content (AvgIpc) is 2.65. The van der Waals surface area contributed by atoms with Gasteiger partial charge in [-0.25, -0.2) is 0 Å². The van der Waals surface area contributed by atoms with E-state index < -0.39 is 0 Å². The maximum absolute atomic E-state index is 11.9. The molecule has 1 amide bonds. The van der Waals surface area contributed by atoms with Crippen molar-refractivity contribution in [2.75, 3.05) is 11.1 Å². The Morgan fingerprint density at radius 1 is 0.778 bits per heavy atom. The summed E-state index contributed by atoms with van der Waals surface area (Å²) in [5, 5.41) is 2.91. The molecule has 0 aliphatic heterocycles. The van der Waals surface area contributed by atoms with Crippen LogP contribution >= 0.6 is 0 Å². The lowest BCUT2D eigenvalue weighted by Gasteiger charge is -2.06. The van der Waals surface area contributed by atoms with Gasteiger partial charge >= 0.3 is 0 Å². The highest BCUT2D eigenvalue weighted by Gasteiger charge is 2.02. The van der Waals surface area contributed by atoms with E-state index in [4.69, 9.17) is 5.73 Å². The second kappa shape index (κ2) is 16.6. The van der Waals surface area contributed by atoms with E-state index in [1.54, 1.807) is 6.07 Å². The maximum Gasteiger partial charge on any atom is 0.224 e. The summed E-state index contributed by atoms with van der Waals surface area (Å²) < 4.78 is 0. The maximum atomic E-state index is 11.9. The Labute approximate surface area is 167 Å². The van der Waals surface area contributed by atoms with Gasteiger partial charge in [-0.1, -0.05) is 103 Å². The molecule has 0 saturated carbocycles. The standard InChI is InChI=1S/C24H42N2O/c1-2-3-4-5-6-7-8-9-10-11-12-13-14-15-16-20-24(27)26-23-19-17-18-22(25)21-23/h17-19,21H,2-16,20,25H2,1H3,(H,26,27). The molecule has 0 unspecified atom stereocenters. The molecule has 27 heavy (non-hydrogen) atoms. The van der Waals surface area contributed by atoms with E-state index in [9.17, 15) is 4.79 Å². The molecule has 1 aromatic rings. The number of carbonyl (C=O) groups is 1. The summed E-state index contributed by atoms with van der Waals surface area (Å²) in [7, 11) is 0. The minimum atomic E-state index is 0.0929. The largest absolute Gasteiger partial charge is 0.399 e. The highest BCUT2D eigenvalue weighted by atomic mass is 16.1. The van der Waals surface area contributed by atoms with Gasteiger partial charge in [0.15, 0.2) is 0 Å². The third-order valence-electron chi connectivity index (χ3n) is 5.18. The zero-order valence-corrected chi connectivity index (χ0v) is 17.6. The molecule has 1 aromatic carbocycles. The van der Waals surface area contributed by atoms with Crippen LogP contribution in [0.2, 0.25) is 0 Å². The molecule has 0 aliphatic carbocycles. The van der Waals surface area contributed by atoms with E-state index in [0.717, 1.165) is 18.5 Å². The van der Waals surface area contributed by atoms with E-state index in [1.165, 1.54) is 83.5 Å². The van der Waals surface area contributed by atoms with Gasteiger partial charge in [-0.15, -0.1) is 0 Å². The van der Waals surface area contributed by atoms with Crippen molar-refractivity contribution in [2.24, 2.45) is 0 Å². The molecule has 1 rings (SSSR count). The third kappa shape index (κ3) is 14.2. The average molecular weight is 375 g/mol. The van der Waals surface area contributed by atoms with E-state index in [1.807, 2.05) is 18.2 Å². The Hall–Kier alpha value is -1.51. The fourth-order valence-electron chi connectivity index (χ4n) is 3.50. The zero-order chi connectivity index (χ0) is 19.6. The Bertz CT molecular complexity index is 487. The first-order chi connectivity index (χ1) is 13.2. The number of carbonyl (C=O) groups excluding carboxylic acids is 1. The molecule has 0 radical (unpaired) electrons. The Kier molecular flexibility index (Phi) is 14.5.